The Bertz CT molecular complexity index is 2240. The third kappa shape index (κ3) is 19.4. The molecule has 12 bridgehead atoms. The maximum atomic E-state index is 13.1. The molecule has 0 spiro atoms. The van der Waals surface area contributed by atoms with E-state index < -0.39 is 50.9 Å². The molecule has 13 saturated carbocycles. The minimum Gasteiger partial charge on any atom is -0.459 e. The summed E-state index contributed by atoms with van der Waals surface area (Å²) < 4.78 is 54.6. The van der Waals surface area contributed by atoms with Crippen molar-refractivity contribution in [3.63, 3.8) is 0 Å². The molecule has 0 aliphatic heterocycles. The first kappa shape index (κ1) is 82.1. The van der Waals surface area contributed by atoms with E-state index in [1.807, 2.05) is 83.1 Å². The van der Waals surface area contributed by atoms with E-state index >= 15 is 0 Å². The predicted octanol–water partition coefficient (Wildman–Crippen LogP) is 19.8. The van der Waals surface area contributed by atoms with Crippen LogP contribution in [0.4, 0.5) is 4.79 Å². The fraction of sp³-hybridized carbons (Fsp3) is 0.933. The Morgan fingerprint density at radius 1 is 0.449 bits per heavy atom. The second-order valence-corrected chi connectivity index (χ2v) is 32.2. The molecule has 0 aromatic heterocycles. The Hall–Kier alpha value is -2.97. The fourth-order valence-corrected chi connectivity index (χ4v) is 17.9. The predicted molar refractivity (Wildman–Crippen MR) is 358 cm³/mol. The first-order valence-corrected chi connectivity index (χ1v) is 33.5. The van der Waals surface area contributed by atoms with Crippen molar-refractivity contribution in [1.82, 2.24) is 0 Å². The van der Waals surface area contributed by atoms with Crippen LogP contribution in [-0.4, -0.2) is 94.3 Å². The van der Waals surface area contributed by atoms with Crippen molar-refractivity contribution in [3.8, 4) is 0 Å². The number of carbonyl (C=O) groups excluding carboxylic acids is 5. The quantitative estimate of drug-likeness (QED) is 0.0460. The molecule has 13 rings (SSSR count). The van der Waals surface area contributed by atoms with Crippen LogP contribution in [-0.2, 0) is 61.8 Å². The first-order chi connectivity index (χ1) is 38.7. The molecule has 0 aromatic carbocycles. The summed E-state index contributed by atoms with van der Waals surface area (Å²) in [6.07, 6.45) is 27.0. The lowest BCUT2D eigenvalue weighted by Crippen LogP contribution is -2.62. The molecule has 0 amide bonds. The van der Waals surface area contributed by atoms with Gasteiger partial charge in [0.05, 0.1) is 27.4 Å². The number of carbonyl (C=O) groups is 5. The van der Waals surface area contributed by atoms with Crippen LogP contribution in [0.3, 0.4) is 0 Å². The van der Waals surface area contributed by atoms with Gasteiger partial charge in [-0.25, -0.2) is 9.59 Å². The van der Waals surface area contributed by atoms with Crippen molar-refractivity contribution < 1.29 is 66.6 Å². The number of hydrogen-bond acceptors (Lipinski definition) is 14. The lowest BCUT2D eigenvalue weighted by atomic mass is 9.52. The maximum Gasteiger partial charge on any atom is 0.509 e. The molecule has 0 heterocycles. The number of rotatable bonds is 21. The molecule has 13 aliphatic carbocycles. The molecule has 7 atom stereocenters. The van der Waals surface area contributed by atoms with Crippen molar-refractivity contribution in [1.29, 1.82) is 0 Å². The van der Waals surface area contributed by atoms with Crippen LogP contribution in [0, 0.1) is 51.8 Å². The molecule has 14 heteroatoms. The third-order valence-electron chi connectivity index (χ3n) is 22.4. The van der Waals surface area contributed by atoms with Gasteiger partial charge in [-0.05, 0) is 259 Å². The summed E-state index contributed by atoms with van der Waals surface area (Å²) in [6.45, 7) is 30.7. The Balaban J connectivity index is 0.000000444. The van der Waals surface area contributed by atoms with Crippen LogP contribution in [0.1, 0.15) is 335 Å². The molecule has 14 nitrogen and oxygen atoms in total. The van der Waals surface area contributed by atoms with Gasteiger partial charge < -0.3 is 42.6 Å². The fourth-order valence-electron chi connectivity index (χ4n) is 17.9. The average Bonchev–Trinajstić information content (AvgIpc) is 0.742. The van der Waals surface area contributed by atoms with Gasteiger partial charge in [0.2, 0.25) is 0 Å². The van der Waals surface area contributed by atoms with E-state index in [1.165, 1.54) is 19.3 Å². The zero-order valence-electron chi connectivity index (χ0n) is 54.7. The number of unbranched alkanes of at least 4 members (excludes halogenated alkanes) is 1. The zero-order valence-corrected chi connectivity index (χ0v) is 54.7. The van der Waals surface area contributed by atoms with Gasteiger partial charge in [0.25, 0.3) is 0 Å². The molecule has 0 radical (unpaired) electrons. The van der Waals surface area contributed by atoms with Gasteiger partial charge in [-0.2, -0.15) is 0 Å². The Labute approximate surface area is 545 Å². The summed E-state index contributed by atoms with van der Waals surface area (Å²) in [6, 6.07) is 0. The average molecular weight is 1260 g/mol. The van der Waals surface area contributed by atoms with E-state index in [2.05, 4.69) is 20.8 Å². The van der Waals surface area contributed by atoms with E-state index in [4.69, 9.17) is 42.6 Å². The second kappa shape index (κ2) is 31.1. The zero-order chi connectivity index (χ0) is 60.7. The Morgan fingerprint density at radius 2 is 0.787 bits per heavy atom. The Kier molecular flexibility index (Phi) is 28.7. The number of esters is 4. The van der Waals surface area contributed by atoms with Gasteiger partial charge >= 0.3 is 30.0 Å². The summed E-state index contributed by atoms with van der Waals surface area (Å²) in [7, 11) is 0. The summed E-state index contributed by atoms with van der Waals surface area (Å²) in [5.74, 6) is 2.72. The molecule has 0 aromatic rings. The van der Waals surface area contributed by atoms with Crippen LogP contribution in [0.15, 0.2) is 0 Å². The van der Waals surface area contributed by atoms with Crippen LogP contribution < -0.4 is 0 Å². The molecule has 13 aliphatic rings. The monoisotopic (exact) mass is 1260 g/mol. The van der Waals surface area contributed by atoms with E-state index in [0.717, 1.165) is 167 Å². The van der Waals surface area contributed by atoms with Gasteiger partial charge in [0.15, 0.2) is 6.10 Å². The highest BCUT2D eigenvalue weighted by Gasteiger charge is 2.65. The standard InChI is InChI=1S/C27H44O5.C21H34O5.C21H36O4.6CH4/c1-6-24(4,5)23(29)32-27-16-20-13-21(17-27)15-26(14-20,18-27)30-19(3)22(28)31-25(7-2)11-9-8-10-12-25;1-7-19(5,6)16(22)24-20-9-14-8-15(10-20)12-21(11-14,13-20)26-17(23)25-18(2,3)4;1-5-7-8-23-15-24-20-10-16-9-17(11-20)13-21(12-16,14-20)25-18(22)19(3,4)6-2;;;;;;/h19-21H,6-18H2,1-5H3;14-15H,7-13H2,1-6H3;16-17H,5-15H2,1-4H3;6*1H4. The maximum absolute atomic E-state index is 13.1. The minimum atomic E-state index is -0.602. The van der Waals surface area contributed by atoms with Crippen molar-refractivity contribution in [2.75, 3.05) is 13.4 Å². The lowest BCUT2D eigenvalue weighted by Gasteiger charge is -2.61. The lowest BCUT2D eigenvalue weighted by molar-refractivity contribution is -0.257. The summed E-state index contributed by atoms with van der Waals surface area (Å²) in [4.78, 5) is 63.9. The minimum absolute atomic E-state index is 0. The SMILES string of the molecule is C.C.C.C.C.C.CCC(C)(C)C(=O)OC12CC3CC(CC(OC(=O)OC(C)(C)C)(C3)C1)C2.CCC1(OC(=O)C(C)OC23CC4CC(CC(OC(=O)C(C)(C)CC)(C4)C2)C3)CCCCC1.CCCCOCOC12CC3CC(C1)CC(OC(=O)C(C)(C)CC)(C3)C2. The van der Waals surface area contributed by atoms with Crippen LogP contribution >= 0.6 is 0 Å². The number of ether oxygens (including phenoxy) is 9. The molecular weight excluding hydrogens is 1120 g/mol. The van der Waals surface area contributed by atoms with Crippen molar-refractivity contribution in [2.45, 2.75) is 386 Å². The van der Waals surface area contributed by atoms with Crippen molar-refractivity contribution in [2.24, 2.45) is 51.8 Å². The van der Waals surface area contributed by atoms with Crippen LogP contribution in [0.5, 0.6) is 0 Å². The highest BCUT2D eigenvalue weighted by molar-refractivity contribution is 5.77. The van der Waals surface area contributed by atoms with Crippen LogP contribution in [0.25, 0.3) is 0 Å². The van der Waals surface area contributed by atoms with Gasteiger partial charge in [-0.1, -0.05) is 92.0 Å². The van der Waals surface area contributed by atoms with Gasteiger partial charge in [0, 0.05) is 25.9 Å². The molecule has 7 unspecified atom stereocenters. The van der Waals surface area contributed by atoms with E-state index in [9.17, 15) is 24.0 Å². The van der Waals surface area contributed by atoms with Gasteiger partial charge in [-0.3, -0.25) is 14.4 Å². The summed E-state index contributed by atoms with van der Waals surface area (Å²) in [5, 5.41) is 0. The molecule has 13 fully saturated rings. The van der Waals surface area contributed by atoms with E-state index in [-0.39, 0.29) is 90.8 Å². The largest absolute Gasteiger partial charge is 0.509 e. The molecule has 89 heavy (non-hydrogen) atoms. The highest BCUT2D eigenvalue weighted by atomic mass is 16.7. The van der Waals surface area contributed by atoms with E-state index in [0.29, 0.717) is 48.7 Å². The molecule has 0 N–H and O–H groups in total. The molecule has 0 saturated heterocycles. The normalized spacial score (nSPS) is 33.9. The van der Waals surface area contributed by atoms with Gasteiger partial charge in [0.1, 0.15) is 40.4 Å². The number of hydrogen-bond donors (Lipinski definition) is 0. The van der Waals surface area contributed by atoms with Crippen molar-refractivity contribution >= 4 is 30.0 Å². The first-order valence-electron chi connectivity index (χ1n) is 33.5. The smallest absolute Gasteiger partial charge is 0.459 e. The topological polar surface area (TPSA) is 168 Å². The third-order valence-corrected chi connectivity index (χ3v) is 22.4. The molecular formula is C75H138O14. The molecule has 522 valence electrons. The van der Waals surface area contributed by atoms with Crippen LogP contribution in [0.2, 0.25) is 0 Å². The van der Waals surface area contributed by atoms with Gasteiger partial charge in [-0.15, -0.1) is 0 Å². The van der Waals surface area contributed by atoms with E-state index in [1.54, 1.807) is 0 Å². The van der Waals surface area contributed by atoms with Crippen molar-refractivity contribution in [3.05, 3.63) is 0 Å². The highest BCUT2D eigenvalue weighted by Crippen LogP contribution is 2.64. The Morgan fingerprint density at radius 3 is 1.13 bits per heavy atom. The summed E-state index contributed by atoms with van der Waals surface area (Å²) >= 11 is 0. The summed E-state index contributed by atoms with van der Waals surface area (Å²) in [5.41, 5.74) is -4.48. The second-order valence-electron chi connectivity index (χ2n) is 32.2.